The molecule has 1 aliphatic carbocycles. The van der Waals surface area contributed by atoms with Crippen LogP contribution in [0.5, 0.6) is 0 Å². The second-order valence-electron chi connectivity index (χ2n) is 4.24. The molecule has 0 aliphatic heterocycles. The van der Waals surface area contributed by atoms with Crippen molar-refractivity contribution in [3.05, 3.63) is 18.2 Å². The van der Waals surface area contributed by atoms with Crippen molar-refractivity contribution in [2.75, 3.05) is 0 Å². The molecule has 1 atom stereocenters. The highest BCUT2D eigenvalue weighted by Crippen LogP contribution is 2.32. The van der Waals surface area contributed by atoms with E-state index in [-0.39, 0.29) is 0 Å². The van der Waals surface area contributed by atoms with E-state index in [1.807, 2.05) is 6.20 Å². The van der Waals surface area contributed by atoms with Crippen LogP contribution in [0.4, 0.5) is 0 Å². The van der Waals surface area contributed by atoms with Gasteiger partial charge in [-0.2, -0.15) is 0 Å². The van der Waals surface area contributed by atoms with Crippen LogP contribution in [-0.2, 0) is 13.0 Å². The third-order valence-electron chi connectivity index (χ3n) is 2.91. The first kappa shape index (κ1) is 9.71. The predicted octanol–water partition coefficient (Wildman–Crippen LogP) is 1.57. The van der Waals surface area contributed by atoms with E-state index >= 15 is 0 Å². The molecule has 0 bridgehead atoms. The van der Waals surface area contributed by atoms with E-state index in [1.54, 1.807) is 0 Å². The molecule has 0 radical (unpaired) electrons. The van der Waals surface area contributed by atoms with Crippen LogP contribution in [-0.4, -0.2) is 15.6 Å². The fraction of sp³-hybridized carbons (Fsp3) is 0.727. The lowest BCUT2D eigenvalue weighted by Gasteiger charge is -2.11. The zero-order valence-electron chi connectivity index (χ0n) is 8.82. The molecule has 1 aromatic rings. The molecule has 3 heteroatoms. The van der Waals surface area contributed by atoms with Gasteiger partial charge < -0.3 is 10.3 Å². The predicted molar refractivity (Wildman–Crippen MR) is 56.9 cm³/mol. The van der Waals surface area contributed by atoms with Gasteiger partial charge in [0, 0.05) is 31.4 Å². The fourth-order valence-corrected chi connectivity index (χ4v) is 1.88. The summed E-state index contributed by atoms with van der Waals surface area (Å²) in [5, 5.41) is 0. The maximum atomic E-state index is 6.08. The van der Waals surface area contributed by atoms with E-state index in [2.05, 4.69) is 22.7 Å². The van der Waals surface area contributed by atoms with Gasteiger partial charge in [-0.25, -0.2) is 4.98 Å². The molecule has 0 aromatic carbocycles. The summed E-state index contributed by atoms with van der Waals surface area (Å²) in [6, 6.07) is 0.327. The Balaban J connectivity index is 1.96. The third kappa shape index (κ3) is 2.15. The Morgan fingerprint density at radius 3 is 3.07 bits per heavy atom. The van der Waals surface area contributed by atoms with E-state index in [9.17, 15) is 0 Å². The lowest BCUT2D eigenvalue weighted by Crippen LogP contribution is -2.26. The lowest BCUT2D eigenvalue weighted by atomic mass is 10.1. The largest absolute Gasteiger partial charge is 0.335 e. The van der Waals surface area contributed by atoms with Gasteiger partial charge in [-0.15, -0.1) is 0 Å². The molecule has 0 saturated heterocycles. The van der Waals surface area contributed by atoms with Crippen molar-refractivity contribution in [2.24, 2.45) is 11.7 Å². The van der Waals surface area contributed by atoms with Gasteiger partial charge in [0.05, 0.1) is 0 Å². The topological polar surface area (TPSA) is 43.8 Å². The summed E-state index contributed by atoms with van der Waals surface area (Å²) < 4.78 is 2.22. The summed E-state index contributed by atoms with van der Waals surface area (Å²) in [6.45, 7) is 3.25. The zero-order chi connectivity index (χ0) is 9.97. The van der Waals surface area contributed by atoms with Gasteiger partial charge in [0.1, 0.15) is 5.82 Å². The first-order chi connectivity index (χ1) is 6.81. The van der Waals surface area contributed by atoms with Crippen LogP contribution < -0.4 is 5.73 Å². The molecule has 1 heterocycles. The van der Waals surface area contributed by atoms with Gasteiger partial charge in [-0.1, -0.05) is 6.92 Å². The average molecular weight is 193 g/mol. The Kier molecular flexibility index (Phi) is 2.87. The molecule has 1 aliphatic rings. The quantitative estimate of drug-likeness (QED) is 0.771. The van der Waals surface area contributed by atoms with Crippen LogP contribution in [0.2, 0.25) is 0 Å². The van der Waals surface area contributed by atoms with E-state index in [0.29, 0.717) is 6.04 Å². The number of nitrogens with two attached hydrogens (primary N) is 1. The van der Waals surface area contributed by atoms with Gasteiger partial charge in [-0.05, 0) is 25.2 Å². The highest BCUT2D eigenvalue weighted by Gasteiger charge is 2.29. The average Bonchev–Trinajstić information content (AvgIpc) is 2.93. The first-order valence-corrected chi connectivity index (χ1v) is 5.57. The number of aryl methyl sites for hydroxylation is 1. The minimum absolute atomic E-state index is 0.327. The van der Waals surface area contributed by atoms with Gasteiger partial charge >= 0.3 is 0 Å². The minimum atomic E-state index is 0.327. The molecule has 14 heavy (non-hydrogen) atoms. The standard InChI is InChI=1S/C11H19N3/c1-2-6-14-7-5-13-11(14)8-10(12)9-3-4-9/h5,7,9-10H,2-4,6,8,12H2,1H3. The Bertz CT molecular complexity index is 288. The summed E-state index contributed by atoms with van der Waals surface area (Å²) in [5.41, 5.74) is 6.08. The molecular weight excluding hydrogens is 174 g/mol. The third-order valence-corrected chi connectivity index (χ3v) is 2.91. The van der Waals surface area contributed by atoms with Crippen molar-refractivity contribution in [1.82, 2.24) is 9.55 Å². The summed E-state index contributed by atoms with van der Waals surface area (Å²) in [5.74, 6) is 1.92. The van der Waals surface area contributed by atoms with Crippen molar-refractivity contribution in [2.45, 2.75) is 45.2 Å². The maximum Gasteiger partial charge on any atom is 0.110 e. The molecule has 78 valence electrons. The van der Waals surface area contributed by atoms with Crippen molar-refractivity contribution in [1.29, 1.82) is 0 Å². The van der Waals surface area contributed by atoms with Gasteiger partial charge in [-0.3, -0.25) is 0 Å². The molecular formula is C11H19N3. The van der Waals surface area contributed by atoms with Gasteiger partial charge in [0.15, 0.2) is 0 Å². The number of nitrogens with zero attached hydrogens (tertiary/aromatic N) is 2. The van der Waals surface area contributed by atoms with Crippen LogP contribution in [0.25, 0.3) is 0 Å². The lowest BCUT2D eigenvalue weighted by molar-refractivity contribution is 0.544. The van der Waals surface area contributed by atoms with E-state index in [4.69, 9.17) is 5.73 Å². The van der Waals surface area contributed by atoms with Crippen molar-refractivity contribution >= 4 is 0 Å². The van der Waals surface area contributed by atoms with Crippen LogP contribution in [0.1, 0.15) is 32.0 Å². The van der Waals surface area contributed by atoms with Crippen molar-refractivity contribution < 1.29 is 0 Å². The second kappa shape index (κ2) is 4.13. The van der Waals surface area contributed by atoms with Crippen molar-refractivity contribution in [3.8, 4) is 0 Å². The summed E-state index contributed by atoms with van der Waals surface area (Å²) in [7, 11) is 0. The summed E-state index contributed by atoms with van der Waals surface area (Å²) >= 11 is 0. The number of rotatable bonds is 5. The van der Waals surface area contributed by atoms with E-state index in [1.165, 1.54) is 12.8 Å². The van der Waals surface area contributed by atoms with E-state index in [0.717, 1.165) is 31.1 Å². The number of aromatic nitrogens is 2. The van der Waals surface area contributed by atoms with Crippen LogP contribution in [0, 0.1) is 5.92 Å². The normalized spacial score (nSPS) is 18.4. The Morgan fingerprint density at radius 2 is 2.43 bits per heavy atom. The second-order valence-corrected chi connectivity index (χ2v) is 4.24. The van der Waals surface area contributed by atoms with Crippen LogP contribution in [0.3, 0.4) is 0 Å². The molecule has 1 aromatic heterocycles. The van der Waals surface area contributed by atoms with Crippen LogP contribution in [0.15, 0.2) is 12.4 Å². The maximum absolute atomic E-state index is 6.08. The summed E-state index contributed by atoms with van der Waals surface area (Å²) in [6.07, 6.45) is 8.66. The highest BCUT2D eigenvalue weighted by atomic mass is 15.1. The Morgan fingerprint density at radius 1 is 1.64 bits per heavy atom. The number of hydrogen-bond donors (Lipinski definition) is 1. The Labute approximate surface area is 85.3 Å². The smallest absolute Gasteiger partial charge is 0.110 e. The Hall–Kier alpha value is -0.830. The highest BCUT2D eigenvalue weighted by molar-refractivity contribution is 4.98. The molecule has 2 rings (SSSR count). The molecule has 0 amide bonds. The SMILES string of the molecule is CCCn1ccnc1CC(N)C1CC1. The molecule has 2 N–H and O–H groups in total. The van der Waals surface area contributed by atoms with Crippen molar-refractivity contribution in [3.63, 3.8) is 0 Å². The number of imidazole rings is 1. The minimum Gasteiger partial charge on any atom is -0.335 e. The summed E-state index contributed by atoms with van der Waals surface area (Å²) in [4.78, 5) is 4.37. The van der Waals surface area contributed by atoms with Gasteiger partial charge in [0.25, 0.3) is 0 Å². The molecule has 3 nitrogen and oxygen atoms in total. The first-order valence-electron chi connectivity index (χ1n) is 5.57. The molecule has 1 unspecified atom stereocenters. The van der Waals surface area contributed by atoms with Crippen LogP contribution >= 0.6 is 0 Å². The zero-order valence-corrected chi connectivity index (χ0v) is 8.82. The van der Waals surface area contributed by atoms with E-state index < -0.39 is 0 Å². The molecule has 0 spiro atoms. The molecule has 1 saturated carbocycles. The van der Waals surface area contributed by atoms with Gasteiger partial charge in [0.2, 0.25) is 0 Å². The fourth-order valence-electron chi connectivity index (χ4n) is 1.88. The monoisotopic (exact) mass is 193 g/mol. The number of hydrogen-bond acceptors (Lipinski definition) is 2. The molecule has 1 fully saturated rings.